The molecule has 6 aliphatic rings. The number of guanidine groups is 4. The highest BCUT2D eigenvalue weighted by Gasteiger charge is 2.63. The number of hydrogen-bond acceptors (Lipinski definition) is 36. The molecule has 0 aromatic heterocycles. The van der Waals surface area contributed by atoms with E-state index in [-0.39, 0.29) is 12.6 Å². The summed E-state index contributed by atoms with van der Waals surface area (Å²) in [6.45, 7) is 1.23. The van der Waals surface area contributed by atoms with Crippen molar-refractivity contribution >= 4 is 67.6 Å². The molecule has 6 fully saturated rings. The molecule has 30 atom stereocenters. The molecule has 4 heterocycles. The molecule has 95 heavy (non-hydrogen) atoms. The van der Waals surface area contributed by atoms with Gasteiger partial charge in [0.1, 0.15) is 110 Å². The van der Waals surface area contributed by atoms with E-state index in [0.29, 0.717) is 0 Å². The van der Waals surface area contributed by atoms with E-state index in [1.165, 1.54) is 27.9 Å². The molecular weight excluding hydrogens is 1370 g/mol. The van der Waals surface area contributed by atoms with Crippen molar-refractivity contribution in [3.05, 3.63) is 0 Å². The van der Waals surface area contributed by atoms with Gasteiger partial charge in [0.05, 0.1) is 49.6 Å². The van der Waals surface area contributed by atoms with Gasteiger partial charge in [-0.3, -0.25) is 47.7 Å². The van der Waals surface area contributed by atoms with Crippen LogP contribution in [0.15, 0.2) is 9.98 Å². The summed E-state index contributed by atoms with van der Waals surface area (Å²) < 4.78 is 141. The molecule has 0 amide bonds. The Morgan fingerprint density at radius 2 is 0.726 bits per heavy atom. The van der Waals surface area contributed by atoms with Gasteiger partial charge in [0.2, 0.25) is 0 Å². The van der Waals surface area contributed by atoms with Crippen molar-refractivity contribution in [3.8, 4) is 0 Å². The van der Waals surface area contributed by atoms with Gasteiger partial charge >= 0.3 is 31.2 Å². The Morgan fingerprint density at radius 3 is 0.947 bits per heavy atom. The first-order chi connectivity index (χ1) is 43.4. The van der Waals surface area contributed by atoms with E-state index >= 15 is 0 Å². The second kappa shape index (κ2) is 35.7. The number of nitrogens with two attached hydrogens (primary N) is 6. The predicted molar refractivity (Wildman–Crippen MR) is 307 cm³/mol. The number of carbonyl (C=O) groups excluding carboxylic acids is 2. The molecule has 0 aromatic rings. The van der Waals surface area contributed by atoms with Gasteiger partial charge in [-0.05, 0) is 27.9 Å². The minimum atomic E-state index is -4.67. The molecule has 38 N–H and O–H groups in total. The summed E-state index contributed by atoms with van der Waals surface area (Å²) >= 11 is 0. The topological polar surface area (TPSA) is 892 Å². The summed E-state index contributed by atoms with van der Waals surface area (Å²) in [6, 6.07) is -8.03. The van der Waals surface area contributed by atoms with Crippen LogP contribution >= 0.6 is 0 Å². The van der Waals surface area contributed by atoms with Crippen LogP contribution in [0.1, 0.15) is 13.8 Å². The van der Waals surface area contributed by atoms with Gasteiger partial charge in [-0.25, -0.2) is 9.98 Å². The Hall–Kier alpha value is -4.93. The molecule has 0 spiro atoms. The zero-order valence-corrected chi connectivity index (χ0v) is 52.2. The lowest BCUT2D eigenvalue weighted by Gasteiger charge is -2.46. The maximum atomic E-state index is 12.1. The first-order valence-electron chi connectivity index (χ1n) is 26.9. The molecule has 4 saturated heterocycles. The fraction of sp³-hybridized carbons (Fsp3) is 0.857. The van der Waals surface area contributed by atoms with Crippen molar-refractivity contribution in [1.82, 2.24) is 21.3 Å². The molecule has 53 heteroatoms. The van der Waals surface area contributed by atoms with Crippen LogP contribution in [-0.2, 0) is 78.7 Å². The number of carbonyl (C=O) groups is 2. The Balaban J connectivity index is 0.000000531. The molecule has 0 aromatic carbocycles. The lowest BCUT2D eigenvalue weighted by atomic mass is 9.81. The standard InChI is InChI=1S/2C21H39N7O12.3H2O4S/c2*1-5-21(36,4-30)16(40-17-9(26-2)13(34)10(31)6(3-29)38-17)18(37-5)39-15-8(28-20(24)25)11(32)7(27-19(22)23)12(33)14(15)35;3*1-5(2,3)4/h2*4-18,26,29,31-36H,3H2,1-2H3,(H4,22,23,27)(H4,24,25,28);3*(H2,1,2,3,4)/t5-,6-,7-,8+,9-,10-,11-,12+,13-,14-,15+,16-,17-,18-,21+;5-,6-,7-,8+,9-,10-,11-,12+,13-,14-,15-,16-,17-,18-,21+;;;/m11.../s1. The predicted octanol–water partition coefficient (Wildman–Crippen LogP) is -17.9. The van der Waals surface area contributed by atoms with Gasteiger partial charge in [0, 0.05) is 0 Å². The summed E-state index contributed by atoms with van der Waals surface area (Å²) in [5, 5.41) is 173. The van der Waals surface area contributed by atoms with Crippen molar-refractivity contribution < 1.29 is 172 Å². The van der Waals surface area contributed by atoms with Gasteiger partial charge in [-0.15, -0.1) is 0 Å². The zero-order valence-electron chi connectivity index (χ0n) is 49.8. The molecular formula is C42H84N14O36S3. The van der Waals surface area contributed by atoms with E-state index in [2.05, 4.69) is 31.3 Å². The zero-order chi connectivity index (χ0) is 73.7. The average molecular weight is 1460 g/mol. The lowest BCUT2D eigenvalue weighted by molar-refractivity contribution is -0.314. The minimum Gasteiger partial charge on any atom is -0.394 e. The first kappa shape index (κ1) is 86.2. The summed E-state index contributed by atoms with van der Waals surface area (Å²) in [6.07, 6.45) is -34.6. The van der Waals surface area contributed by atoms with Crippen molar-refractivity contribution in [2.75, 3.05) is 27.3 Å². The van der Waals surface area contributed by atoms with Gasteiger partial charge < -0.3 is 165 Å². The third kappa shape index (κ3) is 23.6. The van der Waals surface area contributed by atoms with E-state index < -0.39 is 251 Å². The number of aliphatic hydroxyl groups excluding tert-OH is 12. The van der Waals surface area contributed by atoms with Crippen molar-refractivity contribution in [2.24, 2.45) is 44.4 Å². The number of aliphatic hydroxyl groups is 14. The Kier molecular flexibility index (Phi) is 32.4. The summed E-state index contributed by atoms with van der Waals surface area (Å²) in [4.78, 5) is 31.9. The van der Waals surface area contributed by atoms with Crippen LogP contribution in [0.3, 0.4) is 0 Å². The number of nitrogens with one attached hydrogen (secondary N) is 6. The smallest absolute Gasteiger partial charge is 0.394 e. The number of nitrogens with zero attached hydrogens (tertiary/aromatic N) is 2. The number of aliphatic imine (C=N–C) groups is 2. The third-order valence-corrected chi connectivity index (χ3v) is 14.8. The van der Waals surface area contributed by atoms with E-state index in [1.807, 2.05) is 0 Å². The summed E-state index contributed by atoms with van der Waals surface area (Å²) in [5.41, 5.74) is 27.9. The maximum Gasteiger partial charge on any atom is 0.394 e. The third-order valence-electron chi connectivity index (χ3n) is 14.8. The molecule has 4 aliphatic heterocycles. The Bertz CT molecular complexity index is 2660. The van der Waals surface area contributed by atoms with Crippen LogP contribution in [0.4, 0.5) is 0 Å². The van der Waals surface area contributed by atoms with Crippen LogP contribution < -0.4 is 55.7 Å². The highest BCUT2D eigenvalue weighted by Crippen LogP contribution is 2.40. The molecule has 0 bridgehead atoms. The van der Waals surface area contributed by atoms with Crippen LogP contribution in [0.25, 0.3) is 0 Å². The molecule has 2 aliphatic carbocycles. The second-order valence-corrected chi connectivity index (χ2v) is 23.9. The Labute approximate surface area is 537 Å². The number of likely N-dealkylation sites (N-methyl/N-ethyl adjacent to an activating group) is 2. The van der Waals surface area contributed by atoms with Crippen molar-refractivity contribution in [1.29, 1.82) is 10.8 Å². The van der Waals surface area contributed by atoms with Crippen molar-refractivity contribution in [2.45, 2.75) is 196 Å². The largest absolute Gasteiger partial charge is 0.394 e. The van der Waals surface area contributed by atoms with Crippen LogP contribution in [0.5, 0.6) is 0 Å². The number of hydrogen-bond donors (Lipinski definition) is 32. The average Bonchev–Trinajstić information content (AvgIpc) is 1.68. The Morgan fingerprint density at radius 1 is 0.463 bits per heavy atom. The van der Waals surface area contributed by atoms with E-state index in [4.69, 9.17) is 136 Å². The molecule has 0 unspecified atom stereocenters. The monoisotopic (exact) mass is 1460 g/mol. The van der Waals surface area contributed by atoms with Gasteiger partial charge in [-0.2, -0.15) is 25.3 Å². The van der Waals surface area contributed by atoms with Crippen LogP contribution in [-0.4, -0.2) is 370 Å². The molecule has 0 radical (unpaired) electrons. The lowest BCUT2D eigenvalue weighted by Crippen LogP contribution is -2.70. The minimum absolute atomic E-state index is 0.138. The number of rotatable bonds is 18. The SMILES string of the molecule is CN[C@H]1[C@@H](O[C@@H]2[C@@H](O[C@@H]3[C@H](O)[C@@H](O)[C@H](NC(=N)N)[C@@H](O)[C@@H]3N=C(N)N)O[C@H](C)[C@@]2(O)C=O)O[C@H](CO)[C@@H](O)[C@@H]1O.CN[C@H]1[C@@H](O[C@@H]2[C@@H](O[C@H]3[C@H](O)[C@@H](O)[C@H](NC(=N)N)[C@@H](O)[C@@H]3N=C(N)N)O[C@H](C)[C@@]2(O)C=O)O[C@H](CO)[C@@H](O)[C@@H]1O.O=S(=O)(O)O.O=S(=O)(O)O.O=S(=O)(O)O. The molecule has 50 nitrogen and oxygen atoms in total. The summed E-state index contributed by atoms with van der Waals surface area (Å²) in [5.74, 6) is -2.32. The van der Waals surface area contributed by atoms with Crippen molar-refractivity contribution in [3.63, 3.8) is 0 Å². The maximum absolute atomic E-state index is 12.1. The molecule has 2 saturated carbocycles. The highest BCUT2D eigenvalue weighted by atomic mass is 32.3. The fourth-order valence-corrected chi connectivity index (χ4v) is 10.3. The van der Waals surface area contributed by atoms with Crippen LogP contribution in [0, 0.1) is 10.8 Å². The van der Waals surface area contributed by atoms with Gasteiger partial charge in [0.25, 0.3) is 0 Å². The first-order valence-corrected chi connectivity index (χ1v) is 31.1. The normalized spacial score (nSPS) is 41.8. The van der Waals surface area contributed by atoms with E-state index in [0.717, 1.165) is 0 Å². The molecule has 6 rings (SSSR count). The number of ether oxygens (including phenoxy) is 8. The number of aldehydes is 2. The fourth-order valence-electron chi connectivity index (χ4n) is 10.3. The van der Waals surface area contributed by atoms with E-state index in [1.54, 1.807) is 0 Å². The molecule has 556 valence electrons. The van der Waals surface area contributed by atoms with Gasteiger partial charge in [-0.1, -0.05) is 0 Å². The highest BCUT2D eigenvalue weighted by molar-refractivity contribution is 7.80. The second-order valence-electron chi connectivity index (χ2n) is 21.2. The van der Waals surface area contributed by atoms with E-state index in [9.17, 15) is 81.1 Å². The van der Waals surface area contributed by atoms with Crippen LogP contribution in [0.2, 0.25) is 0 Å². The quantitative estimate of drug-likeness (QED) is 0.0262. The summed E-state index contributed by atoms with van der Waals surface area (Å²) in [7, 11) is -11.2. The van der Waals surface area contributed by atoms with Gasteiger partial charge in [0.15, 0.2) is 72.8 Å².